The second kappa shape index (κ2) is 10.8. The van der Waals surface area contributed by atoms with Gasteiger partial charge in [-0.3, -0.25) is 14.3 Å². The van der Waals surface area contributed by atoms with Gasteiger partial charge in [0, 0.05) is 39.6 Å². The number of benzene rings is 3. The molecule has 1 heterocycles. The number of rotatable bonds is 10. The van der Waals surface area contributed by atoms with Crippen molar-refractivity contribution in [2.75, 3.05) is 13.1 Å². The zero-order chi connectivity index (χ0) is 23.0. The summed E-state index contributed by atoms with van der Waals surface area (Å²) in [4.78, 5) is 25.8. The Balaban J connectivity index is 1.46. The van der Waals surface area contributed by atoms with Crippen molar-refractivity contribution in [1.82, 2.24) is 14.8 Å². The number of fused-ring (bicyclic) bond motifs is 1. The molecule has 0 bridgehead atoms. The van der Waals surface area contributed by atoms with Crippen LogP contribution in [-0.2, 0) is 30.8 Å². The van der Waals surface area contributed by atoms with Crippen LogP contribution in [0.3, 0.4) is 0 Å². The van der Waals surface area contributed by atoms with Crippen molar-refractivity contribution in [2.45, 2.75) is 33.0 Å². The molecule has 0 saturated carbocycles. The Labute approximate surface area is 193 Å². The Morgan fingerprint density at radius 1 is 0.909 bits per heavy atom. The van der Waals surface area contributed by atoms with Crippen molar-refractivity contribution in [3.05, 3.63) is 106 Å². The SMILES string of the molecule is CC(=O)NCCn1c(=O)oc2cc(CCN(Cc3ccccc3)Cc3ccccc3)ccc21. The van der Waals surface area contributed by atoms with E-state index in [1.165, 1.54) is 18.1 Å². The van der Waals surface area contributed by atoms with Crippen LogP contribution >= 0.6 is 0 Å². The van der Waals surface area contributed by atoms with Gasteiger partial charge >= 0.3 is 5.76 Å². The predicted octanol–water partition coefficient (Wildman–Crippen LogP) is 3.98. The summed E-state index contributed by atoms with van der Waals surface area (Å²) < 4.78 is 7.04. The van der Waals surface area contributed by atoms with E-state index < -0.39 is 5.76 Å². The quantitative estimate of drug-likeness (QED) is 0.403. The fraction of sp³-hybridized carbons (Fsp3) is 0.259. The van der Waals surface area contributed by atoms with Gasteiger partial charge in [-0.05, 0) is 35.2 Å². The fourth-order valence-corrected chi connectivity index (χ4v) is 4.01. The lowest BCUT2D eigenvalue weighted by molar-refractivity contribution is -0.118. The highest BCUT2D eigenvalue weighted by molar-refractivity contribution is 5.74. The molecular formula is C27H29N3O3. The van der Waals surface area contributed by atoms with Gasteiger partial charge < -0.3 is 9.73 Å². The Kier molecular flexibility index (Phi) is 7.37. The second-order valence-electron chi connectivity index (χ2n) is 8.24. The average Bonchev–Trinajstić information content (AvgIpc) is 3.13. The second-order valence-corrected chi connectivity index (χ2v) is 8.24. The zero-order valence-corrected chi connectivity index (χ0v) is 18.9. The fourth-order valence-electron chi connectivity index (χ4n) is 4.01. The molecule has 0 radical (unpaired) electrons. The van der Waals surface area contributed by atoms with Crippen LogP contribution < -0.4 is 11.1 Å². The highest BCUT2D eigenvalue weighted by Crippen LogP contribution is 2.17. The first-order valence-corrected chi connectivity index (χ1v) is 11.3. The maximum Gasteiger partial charge on any atom is 0.420 e. The molecule has 4 rings (SSSR count). The summed E-state index contributed by atoms with van der Waals surface area (Å²) in [5.41, 5.74) is 5.02. The number of carbonyl (C=O) groups is 1. The minimum Gasteiger partial charge on any atom is -0.408 e. The van der Waals surface area contributed by atoms with E-state index >= 15 is 0 Å². The lowest BCUT2D eigenvalue weighted by atomic mass is 10.1. The Morgan fingerprint density at radius 3 is 2.15 bits per heavy atom. The number of amides is 1. The molecule has 1 aromatic heterocycles. The van der Waals surface area contributed by atoms with Gasteiger partial charge in [-0.15, -0.1) is 0 Å². The zero-order valence-electron chi connectivity index (χ0n) is 18.9. The van der Waals surface area contributed by atoms with Gasteiger partial charge in [0.25, 0.3) is 0 Å². The van der Waals surface area contributed by atoms with E-state index in [1.54, 1.807) is 4.57 Å². The van der Waals surface area contributed by atoms with Crippen LogP contribution in [0.5, 0.6) is 0 Å². The van der Waals surface area contributed by atoms with Crippen molar-refractivity contribution in [3.63, 3.8) is 0 Å². The standard InChI is InChI=1S/C27H29N3O3/c1-21(31)28-15-17-30-25-13-12-22(18-26(25)33-27(30)32)14-16-29(19-23-8-4-2-5-9-23)20-24-10-6-3-7-11-24/h2-13,18H,14-17,19-20H2,1H3,(H,28,31). The normalized spacial score (nSPS) is 11.2. The van der Waals surface area contributed by atoms with Gasteiger partial charge in [-0.25, -0.2) is 4.79 Å². The van der Waals surface area contributed by atoms with Gasteiger partial charge in [-0.1, -0.05) is 66.7 Å². The molecule has 0 aliphatic heterocycles. The molecule has 4 aromatic rings. The topological polar surface area (TPSA) is 67.5 Å². The molecule has 33 heavy (non-hydrogen) atoms. The van der Waals surface area contributed by atoms with E-state index in [4.69, 9.17) is 4.42 Å². The monoisotopic (exact) mass is 443 g/mol. The van der Waals surface area contributed by atoms with Gasteiger partial charge in [0.2, 0.25) is 5.91 Å². The molecule has 0 atom stereocenters. The smallest absolute Gasteiger partial charge is 0.408 e. The average molecular weight is 444 g/mol. The number of nitrogens with zero attached hydrogens (tertiary/aromatic N) is 2. The molecule has 0 aliphatic rings. The van der Waals surface area contributed by atoms with Gasteiger partial charge in [0.15, 0.2) is 5.58 Å². The van der Waals surface area contributed by atoms with Crippen LogP contribution in [0.1, 0.15) is 23.6 Å². The molecule has 1 amide bonds. The highest BCUT2D eigenvalue weighted by atomic mass is 16.4. The molecule has 0 fully saturated rings. The Hall–Kier alpha value is -3.64. The predicted molar refractivity (Wildman–Crippen MR) is 130 cm³/mol. The molecule has 0 unspecified atom stereocenters. The van der Waals surface area contributed by atoms with Crippen molar-refractivity contribution in [2.24, 2.45) is 0 Å². The number of hydrogen-bond acceptors (Lipinski definition) is 4. The summed E-state index contributed by atoms with van der Waals surface area (Å²) in [7, 11) is 0. The van der Waals surface area contributed by atoms with Crippen molar-refractivity contribution in [3.8, 4) is 0 Å². The van der Waals surface area contributed by atoms with Crippen LogP contribution in [0, 0.1) is 0 Å². The summed E-state index contributed by atoms with van der Waals surface area (Å²) >= 11 is 0. The summed E-state index contributed by atoms with van der Waals surface area (Å²) in [5, 5.41) is 2.71. The number of aromatic nitrogens is 1. The summed E-state index contributed by atoms with van der Waals surface area (Å²) in [6, 6.07) is 26.9. The van der Waals surface area contributed by atoms with E-state index in [2.05, 4.69) is 64.8 Å². The number of hydrogen-bond donors (Lipinski definition) is 1. The van der Waals surface area contributed by atoms with E-state index in [0.29, 0.717) is 18.7 Å². The maximum atomic E-state index is 12.3. The van der Waals surface area contributed by atoms with E-state index in [0.717, 1.165) is 37.1 Å². The molecule has 1 N–H and O–H groups in total. The first-order valence-electron chi connectivity index (χ1n) is 11.3. The van der Waals surface area contributed by atoms with E-state index in [9.17, 15) is 9.59 Å². The molecule has 6 nitrogen and oxygen atoms in total. The Bertz CT molecular complexity index is 1200. The van der Waals surface area contributed by atoms with Crippen molar-refractivity contribution in [1.29, 1.82) is 0 Å². The van der Waals surface area contributed by atoms with Crippen LogP contribution in [0.2, 0.25) is 0 Å². The number of nitrogens with one attached hydrogen (secondary N) is 1. The lowest BCUT2D eigenvalue weighted by Crippen LogP contribution is -2.27. The maximum absolute atomic E-state index is 12.3. The first kappa shape index (κ1) is 22.6. The summed E-state index contributed by atoms with van der Waals surface area (Å²) in [5.74, 6) is -0.518. The van der Waals surface area contributed by atoms with E-state index in [1.807, 2.05) is 24.3 Å². The third-order valence-electron chi connectivity index (χ3n) is 5.66. The first-order chi connectivity index (χ1) is 16.1. The molecule has 6 heteroatoms. The molecule has 0 saturated heterocycles. The van der Waals surface area contributed by atoms with Crippen LogP contribution in [0.4, 0.5) is 0 Å². The summed E-state index contributed by atoms with van der Waals surface area (Å²) in [6.07, 6.45) is 0.844. The lowest BCUT2D eigenvalue weighted by Gasteiger charge is -2.23. The van der Waals surface area contributed by atoms with Gasteiger partial charge in [-0.2, -0.15) is 0 Å². The van der Waals surface area contributed by atoms with Crippen LogP contribution in [0.25, 0.3) is 11.1 Å². The summed E-state index contributed by atoms with van der Waals surface area (Å²) in [6.45, 7) is 4.84. The van der Waals surface area contributed by atoms with Gasteiger partial charge in [0.1, 0.15) is 0 Å². The molecule has 170 valence electrons. The highest BCUT2D eigenvalue weighted by Gasteiger charge is 2.12. The van der Waals surface area contributed by atoms with Crippen LogP contribution in [-0.4, -0.2) is 28.5 Å². The minimum absolute atomic E-state index is 0.117. The molecule has 3 aromatic carbocycles. The Morgan fingerprint density at radius 2 is 1.55 bits per heavy atom. The number of oxazole rings is 1. The van der Waals surface area contributed by atoms with Gasteiger partial charge in [0.05, 0.1) is 5.52 Å². The third-order valence-corrected chi connectivity index (χ3v) is 5.66. The van der Waals surface area contributed by atoms with Crippen molar-refractivity contribution >= 4 is 17.0 Å². The van der Waals surface area contributed by atoms with Crippen LogP contribution in [0.15, 0.2) is 88.1 Å². The largest absolute Gasteiger partial charge is 0.420 e. The third kappa shape index (κ3) is 6.20. The van der Waals surface area contributed by atoms with E-state index in [-0.39, 0.29) is 5.91 Å². The minimum atomic E-state index is -0.401. The molecular weight excluding hydrogens is 414 g/mol. The molecule has 0 aliphatic carbocycles. The number of carbonyl (C=O) groups excluding carboxylic acids is 1. The van der Waals surface area contributed by atoms with Crippen molar-refractivity contribution < 1.29 is 9.21 Å². The molecule has 0 spiro atoms.